The van der Waals surface area contributed by atoms with Crippen molar-refractivity contribution in [2.75, 3.05) is 52.8 Å². The minimum atomic E-state index is -1.65. The van der Waals surface area contributed by atoms with Crippen LogP contribution < -0.4 is 33.7 Å². The molecule has 9 rings (SSSR count). The van der Waals surface area contributed by atoms with E-state index in [1.807, 2.05) is 18.2 Å². The number of non-ortho nitro benzene ring substituents is 1. The number of fused-ring (bicyclic) bond motifs is 3. The van der Waals surface area contributed by atoms with Gasteiger partial charge in [0.25, 0.3) is 5.69 Å². The summed E-state index contributed by atoms with van der Waals surface area (Å²) >= 11 is 0. The third-order valence-electron chi connectivity index (χ3n) is 14.9. The normalized spacial score (nSPS) is 23.4. The number of hydrogen-bond donors (Lipinski definition) is 3. The Morgan fingerprint density at radius 2 is 1.70 bits per heavy atom. The lowest BCUT2D eigenvalue weighted by molar-refractivity contribution is -0.384. The standard InChI is InChI=1S/C58H66N4O15/c1-4-28-74-58-52(61(35-38-16-23-49-51(30-38)73-36-72-49)53(65)25-17-37-14-18-40(19-15-37)62(67)68)34-47(60-77-54-13-7-10-29-71-54)44-31-39(11-5-8-26-63)43(12-6-9-27-64)55(56(44)58)45-32-42(21-24-48(45)76-58)75-57(66)59-46-22-20-41(69-2)33-50(46)70-3/h4,14-25,30-33,39,43,52,54-56,63-64H,1,5-13,26-29,34-36H2,2-3H3,(H,59,66). The third-order valence-corrected chi connectivity index (χ3v) is 14.9. The molecule has 3 heterocycles. The molecule has 7 unspecified atom stereocenters. The van der Waals surface area contributed by atoms with Crippen molar-refractivity contribution in [3.63, 3.8) is 0 Å². The summed E-state index contributed by atoms with van der Waals surface area (Å²) in [5.74, 6) is -0.786. The molecule has 408 valence electrons. The zero-order valence-corrected chi connectivity index (χ0v) is 43.3. The summed E-state index contributed by atoms with van der Waals surface area (Å²) in [7, 11) is 3.02. The van der Waals surface area contributed by atoms with Crippen LogP contribution in [0, 0.1) is 27.9 Å². The lowest BCUT2D eigenvalue weighted by atomic mass is 9.55. The molecule has 1 saturated heterocycles. The number of nitrogens with one attached hydrogen (secondary N) is 1. The van der Waals surface area contributed by atoms with Crippen LogP contribution in [-0.4, -0.2) is 103 Å². The molecule has 3 aliphatic heterocycles. The number of anilines is 1. The van der Waals surface area contributed by atoms with E-state index in [2.05, 4.69) is 18.0 Å². The predicted octanol–water partition coefficient (Wildman–Crippen LogP) is 9.85. The van der Waals surface area contributed by atoms with Gasteiger partial charge < -0.3 is 57.8 Å². The second-order valence-corrected chi connectivity index (χ2v) is 19.6. The number of rotatable bonds is 23. The van der Waals surface area contributed by atoms with Crippen molar-refractivity contribution in [3.8, 4) is 34.5 Å². The first kappa shape index (κ1) is 54.3. The van der Waals surface area contributed by atoms with Gasteiger partial charge in [0.1, 0.15) is 29.0 Å². The molecule has 4 aromatic rings. The first-order valence-electron chi connectivity index (χ1n) is 26.2. The summed E-state index contributed by atoms with van der Waals surface area (Å²) in [6.07, 6.45) is 12.0. The number of hydrogen-bond acceptors (Lipinski definition) is 16. The van der Waals surface area contributed by atoms with Crippen molar-refractivity contribution in [3.05, 3.63) is 136 Å². The molecule has 0 radical (unpaired) electrons. The van der Waals surface area contributed by atoms with Gasteiger partial charge in [-0.3, -0.25) is 20.2 Å². The van der Waals surface area contributed by atoms with Gasteiger partial charge in [-0.1, -0.05) is 36.2 Å². The molecule has 0 aromatic heterocycles. The van der Waals surface area contributed by atoms with Crippen molar-refractivity contribution in [1.29, 1.82) is 0 Å². The second kappa shape index (κ2) is 25.1. The summed E-state index contributed by atoms with van der Waals surface area (Å²) in [5, 5.41) is 39.5. The highest BCUT2D eigenvalue weighted by atomic mass is 16.8. The number of unbranched alkanes of at least 4 members (excludes halogenated alkanes) is 2. The summed E-state index contributed by atoms with van der Waals surface area (Å²) in [5.41, 5.74) is 3.65. The largest absolute Gasteiger partial charge is 0.497 e. The van der Waals surface area contributed by atoms with Gasteiger partial charge in [0.2, 0.25) is 24.8 Å². The van der Waals surface area contributed by atoms with Gasteiger partial charge in [-0.05, 0) is 128 Å². The Hall–Kier alpha value is -7.45. The van der Waals surface area contributed by atoms with E-state index in [0.29, 0.717) is 96.4 Å². The van der Waals surface area contributed by atoms with E-state index < -0.39 is 46.9 Å². The van der Waals surface area contributed by atoms with E-state index in [9.17, 15) is 25.1 Å². The van der Waals surface area contributed by atoms with E-state index in [1.54, 1.807) is 65.6 Å². The average Bonchev–Trinajstić information content (AvgIpc) is 4.08. The fourth-order valence-corrected chi connectivity index (χ4v) is 11.3. The van der Waals surface area contributed by atoms with Crippen molar-refractivity contribution in [1.82, 2.24) is 4.90 Å². The number of nitro groups is 1. The van der Waals surface area contributed by atoms with Crippen LogP contribution in [0.25, 0.3) is 6.08 Å². The number of nitrogens with zero attached hydrogens (tertiary/aromatic N) is 3. The number of oxime groups is 1. The van der Waals surface area contributed by atoms with Crippen LogP contribution in [0.2, 0.25) is 0 Å². The number of aliphatic hydroxyl groups excluding tert-OH is 2. The van der Waals surface area contributed by atoms with Gasteiger partial charge in [-0.25, -0.2) is 4.79 Å². The topological polar surface area (TPSA) is 228 Å². The first-order chi connectivity index (χ1) is 37.6. The smallest absolute Gasteiger partial charge is 0.417 e. The fourth-order valence-electron chi connectivity index (χ4n) is 11.3. The van der Waals surface area contributed by atoms with Crippen LogP contribution in [0.1, 0.15) is 86.8 Å². The van der Waals surface area contributed by atoms with Gasteiger partial charge >= 0.3 is 6.09 Å². The Kier molecular flexibility index (Phi) is 17.7. The third kappa shape index (κ3) is 12.2. The Morgan fingerprint density at radius 3 is 2.44 bits per heavy atom. The summed E-state index contributed by atoms with van der Waals surface area (Å²) < 4.78 is 49.1. The predicted molar refractivity (Wildman–Crippen MR) is 284 cm³/mol. The quantitative estimate of drug-likeness (QED) is 0.0206. The molecule has 3 N–H and O–H groups in total. The zero-order chi connectivity index (χ0) is 53.9. The highest BCUT2D eigenvalue weighted by Gasteiger charge is 2.65. The number of carbonyl (C=O) groups excluding carboxylic acids is 2. The van der Waals surface area contributed by atoms with E-state index >= 15 is 4.79 Å². The van der Waals surface area contributed by atoms with Gasteiger partial charge in [0.15, 0.2) is 11.5 Å². The van der Waals surface area contributed by atoms with Crippen molar-refractivity contribution >= 4 is 35.2 Å². The second-order valence-electron chi connectivity index (χ2n) is 19.6. The first-order valence-corrected chi connectivity index (χ1v) is 26.2. The van der Waals surface area contributed by atoms with Gasteiger partial charge in [-0.15, -0.1) is 6.58 Å². The van der Waals surface area contributed by atoms with Crippen LogP contribution in [0.3, 0.4) is 0 Å². The number of amides is 2. The van der Waals surface area contributed by atoms with Gasteiger partial charge in [-0.2, -0.15) is 0 Å². The maximum Gasteiger partial charge on any atom is 0.417 e. The van der Waals surface area contributed by atoms with Gasteiger partial charge in [0, 0.05) is 68.4 Å². The average molecular weight is 1060 g/mol. The summed E-state index contributed by atoms with van der Waals surface area (Å²) in [6.45, 7) is 4.69. The number of aliphatic hydroxyl groups is 2. The Morgan fingerprint density at radius 1 is 0.922 bits per heavy atom. The molecule has 19 nitrogen and oxygen atoms in total. The zero-order valence-electron chi connectivity index (χ0n) is 43.3. The molecule has 2 aliphatic carbocycles. The maximum absolute atomic E-state index is 15.4. The number of carbonyl (C=O) groups is 2. The Bertz CT molecular complexity index is 2850. The molecule has 0 bridgehead atoms. The van der Waals surface area contributed by atoms with Crippen molar-refractivity contribution in [2.24, 2.45) is 22.9 Å². The van der Waals surface area contributed by atoms with Crippen LogP contribution in [0.15, 0.2) is 114 Å². The van der Waals surface area contributed by atoms with E-state index in [1.165, 1.54) is 32.4 Å². The van der Waals surface area contributed by atoms with Crippen LogP contribution in [0.5, 0.6) is 34.5 Å². The SMILES string of the molecule is C=CCOC12Oc3ccc(OC(=O)Nc4ccc(OC)cc4OC)cc3C3C(CCCCO)C(CCCCO)C=C(C(=NOC4CCCCO4)CC1N(Cc1ccc4c(c1)OCO4)C(=O)C=Cc1ccc([N+](=O)[O-])cc1)C32. The van der Waals surface area contributed by atoms with Crippen LogP contribution in [0.4, 0.5) is 16.2 Å². The summed E-state index contributed by atoms with van der Waals surface area (Å²) in [6, 6.07) is 20.7. The number of methoxy groups -OCH3 is 2. The molecule has 2 amide bonds. The van der Waals surface area contributed by atoms with E-state index in [0.717, 1.165) is 30.4 Å². The lowest BCUT2D eigenvalue weighted by Crippen LogP contribution is -2.70. The Balaban J connectivity index is 1.21. The van der Waals surface area contributed by atoms with E-state index in [4.69, 9.17) is 47.9 Å². The Labute approximate surface area is 447 Å². The monoisotopic (exact) mass is 1060 g/mol. The van der Waals surface area contributed by atoms with Crippen LogP contribution in [-0.2, 0) is 25.7 Å². The van der Waals surface area contributed by atoms with Crippen LogP contribution >= 0.6 is 0 Å². The molecule has 5 aliphatic rings. The fraction of sp³-hybridized carbons (Fsp3) is 0.431. The molecule has 19 heteroatoms. The molecule has 77 heavy (non-hydrogen) atoms. The van der Waals surface area contributed by atoms with Crippen molar-refractivity contribution in [2.45, 2.75) is 94.8 Å². The number of nitro benzene ring substituents is 1. The number of ether oxygens (including phenoxy) is 8. The molecular weight excluding hydrogens is 993 g/mol. The minimum Gasteiger partial charge on any atom is -0.497 e. The summed E-state index contributed by atoms with van der Waals surface area (Å²) in [4.78, 5) is 48.3. The van der Waals surface area contributed by atoms with E-state index in [-0.39, 0.29) is 62.9 Å². The van der Waals surface area contributed by atoms with Crippen molar-refractivity contribution < 1.29 is 67.5 Å². The highest BCUT2D eigenvalue weighted by Crippen LogP contribution is 2.62. The lowest BCUT2D eigenvalue weighted by Gasteiger charge is -2.60. The van der Waals surface area contributed by atoms with Gasteiger partial charge in [0.05, 0.1) is 49.7 Å². The maximum atomic E-state index is 15.4. The minimum absolute atomic E-state index is 0.000968. The molecule has 2 fully saturated rings. The molecular formula is C58H66N4O15. The molecule has 1 saturated carbocycles. The highest BCUT2D eigenvalue weighted by molar-refractivity contribution is 6.03. The number of allylic oxidation sites excluding steroid dienone is 1. The molecule has 4 aromatic carbocycles. The molecule has 7 atom stereocenters. The number of benzene rings is 4. The molecule has 0 spiro atoms.